The second-order valence-electron chi connectivity index (χ2n) is 14.0. The van der Waals surface area contributed by atoms with Crippen molar-refractivity contribution in [3.63, 3.8) is 0 Å². The number of phenols is 1. The van der Waals surface area contributed by atoms with E-state index in [4.69, 9.17) is 23.2 Å². The van der Waals surface area contributed by atoms with E-state index >= 15 is 0 Å². The fourth-order valence-electron chi connectivity index (χ4n) is 9.06. The van der Waals surface area contributed by atoms with Crippen molar-refractivity contribution in [1.82, 2.24) is 9.80 Å². The van der Waals surface area contributed by atoms with Gasteiger partial charge in [0.25, 0.3) is 11.8 Å². The number of fused-ring (bicyclic) bond motifs is 4. The van der Waals surface area contributed by atoms with Gasteiger partial charge in [-0.05, 0) is 79.6 Å². The number of allylic oxidation sites excluding steroid dienone is 2. The second-order valence-corrected chi connectivity index (χ2v) is 16.2. The standard InChI is InChI=1S/C38H33BrCl2FN3O5/c39-22-6-13-30(46)28(18-22)32-26-11-12-27-31(34(48)44(33(27)47)25-14-16-43(17-15-25)20-21-4-2-1-3-5-21)29(26)19-37(40)35(49)45(36(50)38(32,37)41)24-9-7-23(42)8-10-24/h1-11,13,18,25,27,29,31-32,46H,12,14-17,19-20H2/t27-,29+,31-,32+,37+,38-/m0/s1. The lowest BCUT2D eigenvalue weighted by Gasteiger charge is -2.50. The number of carbonyl (C=O) groups excluding carboxylic acids is 4. The largest absolute Gasteiger partial charge is 0.508 e. The number of aromatic hydroxyl groups is 1. The van der Waals surface area contributed by atoms with Gasteiger partial charge in [-0.15, -0.1) is 23.2 Å². The first-order valence-electron chi connectivity index (χ1n) is 16.8. The molecule has 5 aliphatic rings. The minimum atomic E-state index is -2.12. The molecule has 3 aromatic rings. The van der Waals surface area contributed by atoms with Crippen LogP contribution in [0.1, 0.15) is 42.7 Å². The number of benzene rings is 3. The minimum Gasteiger partial charge on any atom is -0.508 e. The molecule has 1 N–H and O–H groups in total. The number of halogens is 4. The third kappa shape index (κ3) is 4.93. The zero-order chi connectivity index (χ0) is 35.1. The molecule has 8 rings (SSSR count). The zero-order valence-electron chi connectivity index (χ0n) is 26.8. The summed E-state index contributed by atoms with van der Waals surface area (Å²) in [6, 6.07) is 19.5. The van der Waals surface area contributed by atoms with Crippen molar-refractivity contribution in [3.8, 4) is 5.75 Å². The predicted octanol–water partition coefficient (Wildman–Crippen LogP) is 6.52. The number of hydrogen-bond acceptors (Lipinski definition) is 6. The van der Waals surface area contributed by atoms with Crippen LogP contribution in [0.15, 0.2) is 88.9 Å². The minimum absolute atomic E-state index is 0.0970. The van der Waals surface area contributed by atoms with Gasteiger partial charge in [-0.1, -0.05) is 57.9 Å². The Kier molecular flexibility index (Phi) is 8.25. The van der Waals surface area contributed by atoms with E-state index in [1.807, 2.05) is 24.3 Å². The molecule has 3 aromatic carbocycles. The quantitative estimate of drug-likeness (QED) is 0.180. The molecular formula is C38H33BrCl2FN3O5. The van der Waals surface area contributed by atoms with Gasteiger partial charge in [0.05, 0.1) is 17.5 Å². The van der Waals surface area contributed by atoms with Crippen molar-refractivity contribution in [2.75, 3.05) is 18.0 Å². The lowest BCUT2D eigenvalue weighted by Crippen LogP contribution is -2.60. The summed E-state index contributed by atoms with van der Waals surface area (Å²) in [6.07, 6.45) is 3.20. The van der Waals surface area contributed by atoms with Gasteiger partial charge in [0, 0.05) is 41.6 Å². The molecule has 8 nitrogen and oxygen atoms in total. The van der Waals surface area contributed by atoms with E-state index in [1.54, 1.807) is 12.1 Å². The van der Waals surface area contributed by atoms with Crippen LogP contribution in [0.25, 0.3) is 0 Å². The fourth-order valence-corrected chi connectivity index (χ4v) is 10.4. The van der Waals surface area contributed by atoms with Gasteiger partial charge >= 0.3 is 0 Å². The molecule has 2 aliphatic carbocycles. The average molecular weight is 782 g/mol. The molecule has 3 heterocycles. The Morgan fingerprint density at radius 2 is 1.58 bits per heavy atom. The zero-order valence-corrected chi connectivity index (χ0v) is 29.9. The molecule has 50 heavy (non-hydrogen) atoms. The van der Waals surface area contributed by atoms with Crippen molar-refractivity contribution >= 4 is 68.4 Å². The van der Waals surface area contributed by atoms with Crippen LogP contribution in [0, 0.1) is 23.6 Å². The molecule has 0 bridgehead atoms. The molecule has 3 aliphatic heterocycles. The van der Waals surface area contributed by atoms with Crippen LogP contribution >= 0.6 is 39.1 Å². The Morgan fingerprint density at radius 1 is 0.880 bits per heavy atom. The van der Waals surface area contributed by atoms with Gasteiger partial charge in [-0.25, -0.2) is 9.29 Å². The molecule has 0 spiro atoms. The Morgan fingerprint density at radius 3 is 2.28 bits per heavy atom. The predicted molar refractivity (Wildman–Crippen MR) is 189 cm³/mol. The van der Waals surface area contributed by atoms with Gasteiger partial charge < -0.3 is 5.11 Å². The summed E-state index contributed by atoms with van der Waals surface area (Å²) in [5.74, 6) is -6.18. The van der Waals surface area contributed by atoms with Gasteiger partial charge in [0.15, 0.2) is 9.75 Å². The molecule has 4 fully saturated rings. The monoisotopic (exact) mass is 779 g/mol. The Hall–Kier alpha value is -3.57. The number of alkyl halides is 2. The highest BCUT2D eigenvalue weighted by atomic mass is 79.9. The first-order valence-corrected chi connectivity index (χ1v) is 18.3. The summed E-state index contributed by atoms with van der Waals surface area (Å²) in [7, 11) is 0. The van der Waals surface area contributed by atoms with Crippen LogP contribution in [-0.2, 0) is 25.7 Å². The Bertz CT molecular complexity index is 1960. The molecule has 0 unspecified atom stereocenters. The highest BCUT2D eigenvalue weighted by Gasteiger charge is 2.77. The van der Waals surface area contributed by atoms with Crippen LogP contribution in [0.3, 0.4) is 0 Å². The lowest BCUT2D eigenvalue weighted by atomic mass is 9.56. The van der Waals surface area contributed by atoms with Gasteiger partial charge in [-0.3, -0.25) is 29.0 Å². The van der Waals surface area contributed by atoms with E-state index in [1.165, 1.54) is 28.7 Å². The van der Waals surface area contributed by atoms with E-state index in [0.29, 0.717) is 22.9 Å². The number of piperidine rings is 1. The molecule has 258 valence electrons. The van der Waals surface area contributed by atoms with Crippen LogP contribution in [0.5, 0.6) is 5.75 Å². The summed E-state index contributed by atoms with van der Waals surface area (Å²) in [4.78, 5) is 58.0. The van der Waals surface area contributed by atoms with E-state index in [-0.39, 0.29) is 47.7 Å². The molecule has 0 aromatic heterocycles. The van der Waals surface area contributed by atoms with Crippen molar-refractivity contribution in [2.24, 2.45) is 17.8 Å². The number of nitrogens with zero attached hydrogens (tertiary/aromatic N) is 3. The Labute approximate surface area is 306 Å². The van der Waals surface area contributed by atoms with Crippen LogP contribution in [0.4, 0.5) is 10.1 Å². The summed E-state index contributed by atoms with van der Waals surface area (Å²) >= 11 is 18.3. The summed E-state index contributed by atoms with van der Waals surface area (Å²) in [5, 5.41) is 11.2. The maximum Gasteiger partial charge on any atom is 0.258 e. The van der Waals surface area contributed by atoms with Gasteiger partial charge in [0.2, 0.25) is 11.8 Å². The third-order valence-corrected chi connectivity index (χ3v) is 13.3. The molecule has 6 atom stereocenters. The number of likely N-dealkylation sites (tertiary alicyclic amines) is 2. The van der Waals surface area contributed by atoms with Crippen LogP contribution in [0.2, 0.25) is 0 Å². The van der Waals surface area contributed by atoms with Gasteiger partial charge in [0.1, 0.15) is 11.6 Å². The summed E-state index contributed by atoms with van der Waals surface area (Å²) in [6.45, 7) is 2.26. The number of rotatable bonds is 5. The van der Waals surface area contributed by atoms with E-state index in [9.17, 15) is 28.7 Å². The number of phenolic OH excluding ortho intramolecular Hbond substituents is 1. The average Bonchev–Trinajstić information content (AvgIpc) is 3.45. The topological polar surface area (TPSA) is 98.2 Å². The number of imide groups is 2. The highest BCUT2D eigenvalue weighted by molar-refractivity contribution is 9.10. The first kappa shape index (κ1) is 33.6. The normalized spacial score (nSPS) is 31.5. The van der Waals surface area contributed by atoms with Gasteiger partial charge in [-0.2, -0.15) is 0 Å². The summed E-state index contributed by atoms with van der Waals surface area (Å²) < 4.78 is 14.5. The van der Waals surface area contributed by atoms with Crippen LogP contribution in [-0.4, -0.2) is 67.4 Å². The second kappa shape index (κ2) is 12.3. The molecular weight excluding hydrogens is 748 g/mol. The fraction of sp³-hybridized carbons (Fsp3) is 0.368. The number of amides is 4. The molecule has 0 radical (unpaired) electrons. The summed E-state index contributed by atoms with van der Waals surface area (Å²) in [5.41, 5.74) is 2.15. The molecule has 4 amide bonds. The smallest absolute Gasteiger partial charge is 0.258 e. The number of carbonyl (C=O) groups is 4. The maximum atomic E-state index is 14.5. The highest BCUT2D eigenvalue weighted by Crippen LogP contribution is 2.66. The van der Waals surface area contributed by atoms with E-state index < -0.39 is 51.1 Å². The Balaban J connectivity index is 1.15. The van der Waals surface area contributed by atoms with Crippen molar-refractivity contribution in [1.29, 1.82) is 0 Å². The third-order valence-electron chi connectivity index (χ3n) is 11.4. The van der Waals surface area contributed by atoms with E-state index in [0.717, 1.165) is 36.7 Å². The maximum absolute atomic E-state index is 14.5. The van der Waals surface area contributed by atoms with Crippen molar-refractivity contribution in [3.05, 3.63) is 106 Å². The number of hydrogen-bond donors (Lipinski definition) is 1. The molecule has 1 saturated carbocycles. The molecule has 12 heteroatoms. The number of anilines is 1. The van der Waals surface area contributed by atoms with E-state index in [2.05, 4.69) is 33.0 Å². The first-order chi connectivity index (χ1) is 23.9. The SMILES string of the molecule is O=C1[C@H]2[C@H](CC=C3[C@H]2C[C@@]2(Cl)C(=O)N(c4ccc(F)cc4)C(=O)[C@@]2(Cl)[C@H]3c2cc(Br)ccc2O)C(=O)N1C1CCN(Cc2ccccc2)CC1. The lowest BCUT2D eigenvalue weighted by molar-refractivity contribution is -0.144. The molecule has 3 saturated heterocycles. The van der Waals surface area contributed by atoms with Crippen molar-refractivity contribution < 1.29 is 28.7 Å². The van der Waals surface area contributed by atoms with Crippen LogP contribution < -0.4 is 4.90 Å². The van der Waals surface area contributed by atoms with Crippen molar-refractivity contribution in [2.45, 2.75) is 53.9 Å².